The fourth-order valence-electron chi connectivity index (χ4n) is 5.14. The monoisotopic (exact) mass is 305 g/mol. The summed E-state index contributed by atoms with van der Waals surface area (Å²) in [6.45, 7) is 14.5. The van der Waals surface area contributed by atoms with Crippen LogP contribution in [0.15, 0.2) is 11.1 Å². The van der Waals surface area contributed by atoms with Gasteiger partial charge in [0, 0.05) is 12.1 Å². The number of allylic oxidation sites excluding steroid dienone is 1. The molecule has 22 heavy (non-hydrogen) atoms. The first kappa shape index (κ1) is 18.0. The van der Waals surface area contributed by atoms with Crippen molar-refractivity contribution in [1.29, 1.82) is 0 Å². The molecule has 2 rings (SSSR count). The van der Waals surface area contributed by atoms with Crippen LogP contribution in [0.2, 0.25) is 0 Å². The Hall–Kier alpha value is -0.300. The lowest BCUT2D eigenvalue weighted by Crippen LogP contribution is -2.43. The molecule has 0 bridgehead atoms. The van der Waals surface area contributed by atoms with E-state index in [1.165, 1.54) is 57.8 Å². The highest BCUT2D eigenvalue weighted by Crippen LogP contribution is 2.45. The second kappa shape index (κ2) is 7.07. The van der Waals surface area contributed by atoms with Gasteiger partial charge in [0.15, 0.2) is 0 Å². The zero-order chi connectivity index (χ0) is 16.4. The Bertz CT molecular complexity index is 369. The van der Waals surface area contributed by atoms with Crippen molar-refractivity contribution in [2.24, 2.45) is 10.8 Å². The molecule has 0 aromatic carbocycles. The summed E-state index contributed by atoms with van der Waals surface area (Å²) in [5.74, 6) is 0. The minimum absolute atomic E-state index is 0.275. The van der Waals surface area contributed by atoms with Crippen molar-refractivity contribution < 1.29 is 0 Å². The summed E-state index contributed by atoms with van der Waals surface area (Å²) in [4.78, 5) is 0. The van der Waals surface area contributed by atoms with Crippen LogP contribution < -0.4 is 5.32 Å². The maximum atomic E-state index is 4.07. The summed E-state index contributed by atoms with van der Waals surface area (Å²) in [5, 5.41) is 4.07. The van der Waals surface area contributed by atoms with Gasteiger partial charge in [0.1, 0.15) is 0 Å². The number of hydrogen-bond donors (Lipinski definition) is 1. The van der Waals surface area contributed by atoms with Crippen molar-refractivity contribution in [3.8, 4) is 0 Å². The first-order valence-electron chi connectivity index (χ1n) is 9.69. The van der Waals surface area contributed by atoms with Gasteiger partial charge in [0.2, 0.25) is 0 Å². The Balaban J connectivity index is 2.27. The Morgan fingerprint density at radius 2 is 1.32 bits per heavy atom. The lowest BCUT2D eigenvalue weighted by atomic mass is 9.66. The summed E-state index contributed by atoms with van der Waals surface area (Å²) >= 11 is 0. The molecule has 1 nitrogen and oxygen atoms in total. The molecular formula is C21H39N. The molecule has 2 saturated carbocycles. The molecule has 0 spiro atoms. The summed E-state index contributed by atoms with van der Waals surface area (Å²) in [6, 6.07) is 1.42. The van der Waals surface area contributed by atoms with Crippen molar-refractivity contribution in [3.63, 3.8) is 0 Å². The van der Waals surface area contributed by atoms with E-state index in [0.717, 1.165) is 6.04 Å². The molecule has 0 radical (unpaired) electrons. The molecule has 1 heteroatoms. The molecule has 128 valence electrons. The van der Waals surface area contributed by atoms with Gasteiger partial charge in [-0.1, -0.05) is 78.4 Å². The second-order valence-electron chi connectivity index (χ2n) is 9.70. The van der Waals surface area contributed by atoms with Crippen molar-refractivity contribution in [3.05, 3.63) is 11.1 Å². The molecule has 2 aliphatic carbocycles. The van der Waals surface area contributed by atoms with Crippen molar-refractivity contribution in [2.75, 3.05) is 0 Å². The van der Waals surface area contributed by atoms with Gasteiger partial charge in [0.25, 0.3) is 0 Å². The van der Waals surface area contributed by atoms with E-state index in [0.29, 0.717) is 6.04 Å². The van der Waals surface area contributed by atoms with Crippen LogP contribution in [0.3, 0.4) is 0 Å². The van der Waals surface area contributed by atoms with Crippen LogP contribution in [0.5, 0.6) is 0 Å². The van der Waals surface area contributed by atoms with Crippen LogP contribution in [0.25, 0.3) is 0 Å². The lowest BCUT2D eigenvalue weighted by Gasteiger charge is -2.42. The highest BCUT2D eigenvalue weighted by Gasteiger charge is 2.35. The van der Waals surface area contributed by atoms with Crippen LogP contribution >= 0.6 is 0 Å². The van der Waals surface area contributed by atoms with Crippen LogP contribution in [-0.4, -0.2) is 12.1 Å². The van der Waals surface area contributed by atoms with E-state index in [1.807, 2.05) is 0 Å². The molecule has 2 aliphatic rings. The predicted molar refractivity (Wildman–Crippen MR) is 98.2 cm³/mol. The maximum absolute atomic E-state index is 4.07. The lowest BCUT2D eigenvalue weighted by molar-refractivity contribution is 0.303. The minimum atomic E-state index is 0.275. The van der Waals surface area contributed by atoms with Gasteiger partial charge in [-0.3, -0.25) is 0 Å². The number of hydrogen-bond acceptors (Lipinski definition) is 1. The minimum Gasteiger partial charge on any atom is -0.307 e. The third-order valence-corrected chi connectivity index (χ3v) is 5.47. The van der Waals surface area contributed by atoms with E-state index >= 15 is 0 Å². The number of nitrogens with one attached hydrogen (secondary N) is 1. The van der Waals surface area contributed by atoms with Crippen LogP contribution in [0.1, 0.15) is 99.3 Å². The summed E-state index contributed by atoms with van der Waals surface area (Å²) in [5.41, 5.74) is 4.03. The van der Waals surface area contributed by atoms with Crippen LogP contribution in [0.4, 0.5) is 0 Å². The molecule has 1 N–H and O–H groups in total. The Kier molecular flexibility index (Phi) is 5.80. The van der Waals surface area contributed by atoms with Gasteiger partial charge >= 0.3 is 0 Å². The Morgan fingerprint density at radius 1 is 0.773 bits per heavy atom. The highest BCUT2D eigenvalue weighted by molar-refractivity contribution is 5.30. The molecule has 2 fully saturated rings. The molecule has 0 saturated heterocycles. The summed E-state index contributed by atoms with van der Waals surface area (Å²) in [7, 11) is 0. The zero-order valence-electron chi connectivity index (χ0n) is 16.0. The topological polar surface area (TPSA) is 12.0 Å². The molecule has 0 heterocycles. The summed E-state index contributed by atoms with van der Waals surface area (Å²) in [6.07, 6.45) is 12.5. The van der Waals surface area contributed by atoms with Crippen molar-refractivity contribution in [1.82, 2.24) is 5.32 Å². The van der Waals surface area contributed by atoms with Gasteiger partial charge in [0.05, 0.1) is 0 Å². The smallest absolute Gasteiger partial charge is 0.0285 e. The second-order valence-corrected chi connectivity index (χ2v) is 9.70. The third kappa shape index (κ3) is 4.60. The fraction of sp³-hybridized carbons (Fsp3) is 0.905. The molecule has 1 unspecified atom stereocenters. The van der Waals surface area contributed by atoms with Crippen LogP contribution in [0, 0.1) is 10.8 Å². The van der Waals surface area contributed by atoms with Gasteiger partial charge in [-0.15, -0.1) is 0 Å². The average Bonchev–Trinajstić information content (AvgIpc) is 2.39. The molecule has 0 amide bonds. The molecule has 1 atom stereocenters. The zero-order valence-corrected chi connectivity index (χ0v) is 16.0. The van der Waals surface area contributed by atoms with Crippen molar-refractivity contribution >= 4 is 0 Å². The largest absolute Gasteiger partial charge is 0.307 e. The van der Waals surface area contributed by atoms with Gasteiger partial charge in [-0.25, -0.2) is 0 Å². The third-order valence-electron chi connectivity index (χ3n) is 5.47. The van der Waals surface area contributed by atoms with Gasteiger partial charge in [-0.05, 0) is 42.9 Å². The van der Waals surface area contributed by atoms with Gasteiger partial charge in [-0.2, -0.15) is 0 Å². The van der Waals surface area contributed by atoms with Crippen molar-refractivity contribution in [2.45, 2.75) is 111 Å². The molecule has 0 aliphatic heterocycles. The van der Waals surface area contributed by atoms with E-state index in [-0.39, 0.29) is 10.8 Å². The molecular weight excluding hydrogens is 266 g/mol. The fourth-order valence-corrected chi connectivity index (χ4v) is 5.14. The maximum Gasteiger partial charge on any atom is 0.0285 e. The predicted octanol–water partition coefficient (Wildman–Crippen LogP) is 6.24. The highest BCUT2D eigenvalue weighted by atomic mass is 15.0. The Morgan fingerprint density at radius 3 is 1.86 bits per heavy atom. The van der Waals surface area contributed by atoms with E-state index in [2.05, 4.69) is 46.9 Å². The number of rotatable bonds is 2. The first-order chi connectivity index (χ1) is 10.2. The average molecular weight is 306 g/mol. The van der Waals surface area contributed by atoms with E-state index in [1.54, 1.807) is 11.1 Å². The molecule has 0 aromatic heterocycles. The summed E-state index contributed by atoms with van der Waals surface area (Å²) < 4.78 is 0. The Labute approximate surface area is 139 Å². The molecule has 0 aromatic rings. The van der Waals surface area contributed by atoms with E-state index in [4.69, 9.17) is 0 Å². The first-order valence-corrected chi connectivity index (χ1v) is 9.69. The quantitative estimate of drug-likeness (QED) is 0.595. The standard InChI is InChI=1S/C21H39N/c1-20(2,3)19(21(4,5)6)17-14-10-11-15-18(17)22-16-12-8-7-9-13-16/h16,18,22H,7-15H2,1-6H3. The van der Waals surface area contributed by atoms with E-state index < -0.39 is 0 Å². The SMILES string of the molecule is CC(C)(C)C(=C1CCCCC1NC1CCCCC1)C(C)(C)C. The van der Waals surface area contributed by atoms with E-state index in [9.17, 15) is 0 Å². The normalized spacial score (nSPS) is 25.4. The van der Waals surface area contributed by atoms with Crippen LogP contribution in [-0.2, 0) is 0 Å². The van der Waals surface area contributed by atoms with Gasteiger partial charge < -0.3 is 5.32 Å².